The Morgan fingerprint density at radius 1 is 0.377 bits per heavy atom. The van der Waals surface area contributed by atoms with Crippen molar-refractivity contribution in [2.45, 2.75) is 5.41 Å². The van der Waals surface area contributed by atoms with Gasteiger partial charge < -0.3 is 4.90 Å². The molecule has 10 aromatic carbocycles. The number of benzene rings is 10. The molecule has 1 aromatic heterocycles. The van der Waals surface area contributed by atoms with Crippen molar-refractivity contribution in [3.8, 4) is 33.4 Å². The van der Waals surface area contributed by atoms with Crippen LogP contribution in [0, 0.1) is 0 Å². The van der Waals surface area contributed by atoms with E-state index >= 15 is 0 Å². The van der Waals surface area contributed by atoms with Gasteiger partial charge in [-0.15, -0.1) is 11.3 Å². The third-order valence-corrected chi connectivity index (χ3v) is 13.9. The van der Waals surface area contributed by atoms with Crippen LogP contribution in [0.1, 0.15) is 22.3 Å². The lowest BCUT2D eigenvalue weighted by Gasteiger charge is -2.34. The number of hydrogen-bond acceptors (Lipinski definition) is 2. The first-order chi connectivity index (χ1) is 30.3. The van der Waals surface area contributed by atoms with Gasteiger partial charge in [-0.2, -0.15) is 0 Å². The fraction of sp³-hybridized carbons (Fsp3) is 0.0169. The van der Waals surface area contributed by atoms with Gasteiger partial charge in [-0.25, -0.2) is 0 Å². The van der Waals surface area contributed by atoms with E-state index in [9.17, 15) is 0 Å². The second-order valence-corrected chi connectivity index (χ2v) is 17.0. The summed E-state index contributed by atoms with van der Waals surface area (Å²) in [6.45, 7) is 0. The molecule has 286 valence electrons. The van der Waals surface area contributed by atoms with Crippen molar-refractivity contribution in [1.82, 2.24) is 0 Å². The van der Waals surface area contributed by atoms with Crippen molar-refractivity contribution in [2.24, 2.45) is 0 Å². The van der Waals surface area contributed by atoms with Crippen molar-refractivity contribution in [3.05, 3.63) is 259 Å². The van der Waals surface area contributed by atoms with Gasteiger partial charge in [-0.1, -0.05) is 200 Å². The first-order valence-corrected chi connectivity index (χ1v) is 21.8. The number of thiophene rings is 1. The number of hydrogen-bond donors (Lipinski definition) is 0. The summed E-state index contributed by atoms with van der Waals surface area (Å²) in [5.41, 5.74) is 15.4. The van der Waals surface area contributed by atoms with Gasteiger partial charge in [0.25, 0.3) is 0 Å². The molecule has 12 rings (SSSR count). The highest BCUT2D eigenvalue weighted by atomic mass is 32.1. The van der Waals surface area contributed by atoms with E-state index in [-0.39, 0.29) is 0 Å². The molecule has 1 heterocycles. The fourth-order valence-corrected chi connectivity index (χ4v) is 11.4. The number of anilines is 3. The van der Waals surface area contributed by atoms with Crippen LogP contribution in [0.5, 0.6) is 0 Å². The number of nitrogens with zero attached hydrogens (tertiary/aromatic N) is 1. The van der Waals surface area contributed by atoms with Gasteiger partial charge in [-0.3, -0.25) is 0 Å². The van der Waals surface area contributed by atoms with E-state index in [1.807, 2.05) is 11.3 Å². The van der Waals surface area contributed by atoms with Crippen LogP contribution in [0.4, 0.5) is 17.1 Å². The molecule has 1 aliphatic rings. The highest BCUT2D eigenvalue weighted by Gasteiger charge is 2.47. The summed E-state index contributed by atoms with van der Waals surface area (Å²) >= 11 is 1.89. The number of rotatable bonds is 7. The first-order valence-electron chi connectivity index (χ1n) is 21.0. The van der Waals surface area contributed by atoms with E-state index in [0.717, 1.165) is 17.1 Å². The average Bonchev–Trinajstić information content (AvgIpc) is 3.88. The summed E-state index contributed by atoms with van der Waals surface area (Å²) in [7, 11) is 0. The zero-order chi connectivity index (χ0) is 40.3. The molecule has 1 aliphatic carbocycles. The molecular weight excluding hydrogens is 755 g/mol. The summed E-state index contributed by atoms with van der Waals surface area (Å²) in [5, 5.41) is 5.03. The second kappa shape index (κ2) is 14.3. The monoisotopic (exact) mass is 793 g/mol. The molecule has 0 saturated carbocycles. The molecule has 0 N–H and O–H groups in total. The predicted octanol–water partition coefficient (Wildman–Crippen LogP) is 16.4. The smallest absolute Gasteiger partial charge is 0.0714 e. The Bertz CT molecular complexity index is 3360. The van der Waals surface area contributed by atoms with Gasteiger partial charge in [0.05, 0.1) is 16.8 Å². The third-order valence-electron chi connectivity index (χ3n) is 12.7. The third kappa shape index (κ3) is 5.53. The fourth-order valence-electron chi connectivity index (χ4n) is 10.1. The zero-order valence-electron chi connectivity index (χ0n) is 33.4. The Balaban J connectivity index is 1.14. The molecule has 61 heavy (non-hydrogen) atoms. The van der Waals surface area contributed by atoms with Crippen molar-refractivity contribution in [3.63, 3.8) is 0 Å². The highest BCUT2D eigenvalue weighted by Crippen LogP contribution is 2.60. The quantitative estimate of drug-likeness (QED) is 0.155. The lowest BCUT2D eigenvalue weighted by Crippen LogP contribution is -2.28. The van der Waals surface area contributed by atoms with Crippen LogP contribution >= 0.6 is 11.3 Å². The number of fused-ring (bicyclic) bond motifs is 7. The molecular formula is C59H39NS. The van der Waals surface area contributed by atoms with Crippen LogP contribution in [-0.2, 0) is 5.41 Å². The van der Waals surface area contributed by atoms with E-state index in [2.05, 4.69) is 241 Å². The average molecular weight is 794 g/mol. The minimum Gasteiger partial charge on any atom is -0.309 e. The summed E-state index contributed by atoms with van der Waals surface area (Å²) in [6.07, 6.45) is 0. The van der Waals surface area contributed by atoms with Crippen LogP contribution in [0.15, 0.2) is 237 Å². The minimum atomic E-state index is -0.512. The zero-order valence-corrected chi connectivity index (χ0v) is 34.2. The Morgan fingerprint density at radius 2 is 0.967 bits per heavy atom. The van der Waals surface area contributed by atoms with E-state index in [1.54, 1.807) is 0 Å². The molecule has 0 atom stereocenters. The predicted molar refractivity (Wildman–Crippen MR) is 260 cm³/mol. The van der Waals surface area contributed by atoms with Crippen LogP contribution < -0.4 is 4.90 Å². The van der Waals surface area contributed by atoms with Crippen molar-refractivity contribution >= 4 is 59.3 Å². The van der Waals surface area contributed by atoms with Gasteiger partial charge in [0.15, 0.2) is 0 Å². The Labute approximate surface area is 360 Å². The lowest BCUT2D eigenvalue weighted by atomic mass is 9.68. The van der Waals surface area contributed by atoms with Crippen LogP contribution in [0.2, 0.25) is 0 Å². The molecule has 2 heteroatoms. The summed E-state index contributed by atoms with van der Waals surface area (Å²) in [5.74, 6) is 0. The Morgan fingerprint density at radius 3 is 1.74 bits per heavy atom. The Kier molecular flexibility index (Phi) is 8.33. The Hall–Kier alpha value is -7.52. The molecule has 0 saturated heterocycles. The summed E-state index contributed by atoms with van der Waals surface area (Å²) in [6, 6.07) is 87.3. The van der Waals surface area contributed by atoms with Crippen LogP contribution in [-0.4, -0.2) is 0 Å². The van der Waals surface area contributed by atoms with Gasteiger partial charge in [-0.05, 0) is 97.2 Å². The van der Waals surface area contributed by atoms with E-state index in [1.165, 1.54) is 86.6 Å². The van der Waals surface area contributed by atoms with Gasteiger partial charge in [0, 0.05) is 31.4 Å². The van der Waals surface area contributed by atoms with Crippen LogP contribution in [0.3, 0.4) is 0 Å². The van der Waals surface area contributed by atoms with E-state index in [4.69, 9.17) is 0 Å². The highest BCUT2D eigenvalue weighted by molar-refractivity contribution is 7.26. The summed E-state index contributed by atoms with van der Waals surface area (Å²) < 4.78 is 2.57. The van der Waals surface area contributed by atoms with Gasteiger partial charge in [0.2, 0.25) is 0 Å². The van der Waals surface area contributed by atoms with Crippen LogP contribution in [0.25, 0.3) is 64.3 Å². The largest absolute Gasteiger partial charge is 0.309 e. The normalized spacial score (nSPS) is 12.7. The molecule has 1 nitrogen and oxygen atoms in total. The molecule has 0 amide bonds. The van der Waals surface area contributed by atoms with Gasteiger partial charge in [0.1, 0.15) is 0 Å². The second-order valence-electron chi connectivity index (χ2n) is 16.0. The molecule has 0 spiro atoms. The summed E-state index contributed by atoms with van der Waals surface area (Å²) in [4.78, 5) is 2.54. The minimum absolute atomic E-state index is 0.512. The molecule has 0 bridgehead atoms. The standard InChI is InChI=1S/C59H39NS/c1-4-18-42(19-5-1)48-26-14-27-50-57-54(31-16-32-55(57)61-58(48)50)60(47-37-35-41(36-38-47)44-34-33-40-17-10-11-20-43(40)39-44)53-30-15-29-52-56(53)49-25-12-13-28-51(49)59(52,45-21-6-2-7-22-45)46-23-8-3-9-24-46/h1-39H. The molecule has 0 fully saturated rings. The van der Waals surface area contributed by atoms with Gasteiger partial charge >= 0.3 is 0 Å². The lowest BCUT2D eigenvalue weighted by molar-refractivity contribution is 0.768. The van der Waals surface area contributed by atoms with Crippen molar-refractivity contribution < 1.29 is 0 Å². The topological polar surface area (TPSA) is 3.24 Å². The maximum absolute atomic E-state index is 2.54. The van der Waals surface area contributed by atoms with E-state index in [0.29, 0.717) is 0 Å². The molecule has 0 unspecified atom stereocenters. The maximum Gasteiger partial charge on any atom is 0.0714 e. The molecule has 0 aliphatic heterocycles. The van der Waals surface area contributed by atoms with Crippen molar-refractivity contribution in [1.29, 1.82) is 0 Å². The maximum atomic E-state index is 2.54. The molecule has 11 aromatic rings. The van der Waals surface area contributed by atoms with E-state index < -0.39 is 5.41 Å². The SMILES string of the molecule is c1ccc(-c2cccc3c2sc2cccc(N(c4ccc(-c5ccc6ccccc6c5)cc4)c4cccc5c4-c4ccccc4C5(c4ccccc4)c4ccccc4)c23)cc1. The van der Waals surface area contributed by atoms with Crippen molar-refractivity contribution in [2.75, 3.05) is 4.90 Å². The molecule has 0 radical (unpaired) electrons. The first kappa shape index (κ1) is 35.4.